The lowest BCUT2D eigenvalue weighted by molar-refractivity contribution is -0.0368. The second kappa shape index (κ2) is 6.24. The Morgan fingerprint density at radius 3 is 2.73 bits per heavy atom. The normalized spacial score (nSPS) is 25.2. The fourth-order valence-corrected chi connectivity index (χ4v) is 3.38. The summed E-state index contributed by atoms with van der Waals surface area (Å²) in [4.78, 5) is 16.8. The van der Waals surface area contributed by atoms with Crippen LogP contribution in [-0.2, 0) is 4.74 Å². The van der Waals surface area contributed by atoms with E-state index in [4.69, 9.17) is 32.7 Å². The maximum absolute atomic E-state index is 12.8. The van der Waals surface area contributed by atoms with Crippen molar-refractivity contribution in [2.24, 2.45) is 0 Å². The Balaban J connectivity index is 1.84. The lowest BCUT2D eigenvalue weighted by atomic mass is 10.1. The van der Waals surface area contributed by atoms with E-state index in [0.717, 1.165) is 6.54 Å². The van der Waals surface area contributed by atoms with Gasteiger partial charge < -0.3 is 14.4 Å². The Labute approximate surface area is 139 Å². The number of benzene rings is 1. The molecule has 0 aromatic heterocycles. The number of hydrogen-bond donors (Lipinski definition) is 0. The maximum Gasteiger partial charge on any atom is 0.257 e. The summed E-state index contributed by atoms with van der Waals surface area (Å²) < 4.78 is 11.0. The first-order chi connectivity index (χ1) is 10.5. The van der Waals surface area contributed by atoms with Crippen LogP contribution in [0.25, 0.3) is 0 Å². The van der Waals surface area contributed by atoms with Crippen molar-refractivity contribution in [3.05, 3.63) is 27.7 Å². The molecular formula is C15H18Cl2N2O3. The summed E-state index contributed by atoms with van der Waals surface area (Å²) in [5.74, 6) is 0.324. The average molecular weight is 345 g/mol. The molecular weight excluding hydrogens is 327 g/mol. The van der Waals surface area contributed by atoms with Crippen molar-refractivity contribution < 1.29 is 14.3 Å². The molecule has 2 fully saturated rings. The number of morpholine rings is 1. The van der Waals surface area contributed by atoms with Gasteiger partial charge in [0.05, 0.1) is 41.5 Å². The molecule has 120 valence electrons. The SMILES string of the molecule is COc1cc(Cl)c(Cl)cc1C(=O)N1C[C@H]2OCCN(C)[C@H]2C1. The molecule has 0 saturated carbocycles. The summed E-state index contributed by atoms with van der Waals surface area (Å²) in [6.07, 6.45) is 0.0662. The van der Waals surface area contributed by atoms with Crippen molar-refractivity contribution in [3.63, 3.8) is 0 Å². The predicted octanol–water partition coefficient (Wildman–Crippen LogP) is 2.16. The van der Waals surface area contributed by atoms with Crippen LogP contribution >= 0.6 is 23.2 Å². The molecule has 2 atom stereocenters. The summed E-state index contributed by atoms with van der Waals surface area (Å²) in [7, 11) is 3.57. The van der Waals surface area contributed by atoms with Gasteiger partial charge in [-0.25, -0.2) is 0 Å². The highest BCUT2D eigenvalue weighted by atomic mass is 35.5. The van der Waals surface area contributed by atoms with Crippen LogP contribution in [0.5, 0.6) is 5.75 Å². The number of likely N-dealkylation sites (tertiary alicyclic amines) is 1. The number of likely N-dealkylation sites (N-methyl/N-ethyl adjacent to an activating group) is 1. The van der Waals surface area contributed by atoms with Gasteiger partial charge in [-0.15, -0.1) is 0 Å². The molecule has 1 amide bonds. The van der Waals surface area contributed by atoms with Gasteiger partial charge in [0.25, 0.3) is 5.91 Å². The number of amides is 1. The summed E-state index contributed by atoms with van der Waals surface area (Å²) in [6.45, 7) is 2.82. The van der Waals surface area contributed by atoms with Crippen LogP contribution in [0.15, 0.2) is 12.1 Å². The van der Waals surface area contributed by atoms with Crippen LogP contribution in [0.4, 0.5) is 0 Å². The van der Waals surface area contributed by atoms with Gasteiger partial charge in [0, 0.05) is 25.7 Å². The third-order valence-electron chi connectivity index (χ3n) is 4.34. The molecule has 2 aliphatic heterocycles. The van der Waals surface area contributed by atoms with E-state index in [2.05, 4.69) is 11.9 Å². The third-order valence-corrected chi connectivity index (χ3v) is 5.06. The first kappa shape index (κ1) is 15.9. The zero-order chi connectivity index (χ0) is 15.9. The highest BCUT2D eigenvalue weighted by molar-refractivity contribution is 6.42. The monoisotopic (exact) mass is 344 g/mol. The minimum absolute atomic E-state index is 0.0662. The van der Waals surface area contributed by atoms with Gasteiger partial charge in [-0.1, -0.05) is 23.2 Å². The number of fused-ring (bicyclic) bond motifs is 1. The number of hydrogen-bond acceptors (Lipinski definition) is 4. The number of halogens is 2. The zero-order valence-electron chi connectivity index (χ0n) is 12.5. The zero-order valence-corrected chi connectivity index (χ0v) is 14.0. The fourth-order valence-electron chi connectivity index (χ4n) is 3.06. The summed E-state index contributed by atoms with van der Waals surface area (Å²) in [5, 5.41) is 0.712. The Kier molecular flexibility index (Phi) is 4.50. The highest BCUT2D eigenvalue weighted by Crippen LogP contribution is 2.32. The molecule has 1 aromatic rings. The molecule has 0 N–H and O–H groups in total. The highest BCUT2D eigenvalue weighted by Gasteiger charge is 2.41. The average Bonchev–Trinajstić information content (AvgIpc) is 2.94. The van der Waals surface area contributed by atoms with E-state index in [-0.39, 0.29) is 18.1 Å². The number of carbonyl (C=O) groups excluding carboxylic acids is 1. The van der Waals surface area contributed by atoms with E-state index in [0.29, 0.717) is 41.1 Å². The van der Waals surface area contributed by atoms with E-state index in [1.165, 1.54) is 7.11 Å². The molecule has 0 unspecified atom stereocenters. The predicted molar refractivity (Wildman–Crippen MR) is 85.1 cm³/mol. The van der Waals surface area contributed by atoms with Gasteiger partial charge in [0.2, 0.25) is 0 Å². The van der Waals surface area contributed by atoms with Crippen LogP contribution in [0.3, 0.4) is 0 Å². The number of ether oxygens (including phenoxy) is 2. The van der Waals surface area contributed by atoms with E-state index >= 15 is 0 Å². The molecule has 2 aliphatic rings. The molecule has 0 spiro atoms. The van der Waals surface area contributed by atoms with E-state index < -0.39 is 0 Å². The number of methoxy groups -OCH3 is 1. The summed E-state index contributed by atoms with van der Waals surface area (Å²) in [6, 6.07) is 3.38. The Hall–Kier alpha value is -1.01. The molecule has 2 saturated heterocycles. The molecule has 7 heteroatoms. The van der Waals surface area contributed by atoms with Gasteiger partial charge in [-0.05, 0) is 13.1 Å². The van der Waals surface area contributed by atoms with Gasteiger partial charge >= 0.3 is 0 Å². The standard InChI is InChI=1S/C15H18Cl2N2O3/c1-18-3-4-22-14-8-19(7-12(14)18)15(20)9-5-10(16)11(17)6-13(9)21-2/h5-6,12,14H,3-4,7-8H2,1-2H3/t12-,14+/m0/s1. The second-order valence-corrected chi connectivity index (χ2v) is 6.45. The second-order valence-electron chi connectivity index (χ2n) is 5.63. The van der Waals surface area contributed by atoms with Crippen LogP contribution in [0.1, 0.15) is 10.4 Å². The van der Waals surface area contributed by atoms with Crippen LogP contribution in [-0.4, -0.2) is 68.3 Å². The lowest BCUT2D eigenvalue weighted by Crippen LogP contribution is -2.48. The Morgan fingerprint density at radius 1 is 1.32 bits per heavy atom. The number of nitrogens with zero attached hydrogens (tertiary/aromatic N) is 2. The van der Waals surface area contributed by atoms with Gasteiger partial charge in [0.15, 0.2) is 0 Å². The number of rotatable bonds is 2. The van der Waals surface area contributed by atoms with Crippen molar-refractivity contribution >= 4 is 29.1 Å². The van der Waals surface area contributed by atoms with Crippen molar-refractivity contribution in [1.29, 1.82) is 0 Å². The summed E-state index contributed by atoms with van der Waals surface area (Å²) >= 11 is 12.0. The smallest absolute Gasteiger partial charge is 0.257 e. The Bertz CT molecular complexity index is 596. The largest absolute Gasteiger partial charge is 0.496 e. The fraction of sp³-hybridized carbons (Fsp3) is 0.533. The van der Waals surface area contributed by atoms with Crippen LogP contribution < -0.4 is 4.74 Å². The van der Waals surface area contributed by atoms with Crippen molar-refractivity contribution in [2.45, 2.75) is 12.1 Å². The van der Waals surface area contributed by atoms with Crippen molar-refractivity contribution in [1.82, 2.24) is 9.80 Å². The van der Waals surface area contributed by atoms with E-state index in [1.807, 2.05) is 0 Å². The summed E-state index contributed by atoms with van der Waals surface area (Å²) in [5.41, 5.74) is 0.429. The number of carbonyl (C=O) groups is 1. The van der Waals surface area contributed by atoms with Gasteiger partial charge in [-0.2, -0.15) is 0 Å². The van der Waals surface area contributed by atoms with Gasteiger partial charge in [-0.3, -0.25) is 9.69 Å². The topological polar surface area (TPSA) is 42.0 Å². The minimum atomic E-state index is -0.109. The van der Waals surface area contributed by atoms with Gasteiger partial charge in [0.1, 0.15) is 5.75 Å². The van der Waals surface area contributed by atoms with Crippen LogP contribution in [0, 0.1) is 0 Å². The molecule has 2 heterocycles. The van der Waals surface area contributed by atoms with E-state index in [9.17, 15) is 4.79 Å². The van der Waals surface area contributed by atoms with Crippen molar-refractivity contribution in [3.8, 4) is 5.75 Å². The first-order valence-corrected chi connectivity index (χ1v) is 7.91. The molecule has 22 heavy (non-hydrogen) atoms. The molecule has 0 bridgehead atoms. The third kappa shape index (κ3) is 2.78. The van der Waals surface area contributed by atoms with Crippen LogP contribution in [0.2, 0.25) is 10.0 Å². The molecule has 5 nitrogen and oxygen atoms in total. The Morgan fingerprint density at radius 2 is 2.05 bits per heavy atom. The molecule has 0 radical (unpaired) electrons. The lowest BCUT2D eigenvalue weighted by Gasteiger charge is -2.33. The van der Waals surface area contributed by atoms with Crippen molar-refractivity contribution in [2.75, 3.05) is 40.4 Å². The first-order valence-electron chi connectivity index (χ1n) is 7.15. The molecule has 3 rings (SSSR count). The molecule has 0 aliphatic carbocycles. The quantitative estimate of drug-likeness (QED) is 0.824. The minimum Gasteiger partial charge on any atom is -0.496 e. The van der Waals surface area contributed by atoms with E-state index in [1.54, 1.807) is 17.0 Å². The maximum atomic E-state index is 12.8. The molecule has 1 aromatic carbocycles.